The van der Waals surface area contributed by atoms with Crippen molar-refractivity contribution < 1.29 is 18.0 Å². The van der Waals surface area contributed by atoms with Crippen LogP contribution < -0.4 is 5.32 Å². The summed E-state index contributed by atoms with van der Waals surface area (Å²) in [5.74, 6) is 0.288. The first-order chi connectivity index (χ1) is 17.6. The maximum Gasteiger partial charge on any atom is 0.417 e. The largest absolute Gasteiger partial charge is 0.417 e. The molecule has 1 aromatic carbocycles. The lowest BCUT2D eigenvalue weighted by Gasteiger charge is -2.45. The topological polar surface area (TPSA) is 58.1 Å². The highest BCUT2D eigenvalue weighted by Gasteiger charge is 2.43. The minimum Gasteiger partial charge on any atom is -0.368 e. The highest BCUT2D eigenvalue weighted by atomic mass is 32.1. The molecule has 196 valence electrons. The van der Waals surface area contributed by atoms with Gasteiger partial charge in [-0.15, -0.1) is 11.3 Å². The summed E-state index contributed by atoms with van der Waals surface area (Å²) in [6.45, 7) is 5.02. The zero-order valence-corrected chi connectivity index (χ0v) is 21.9. The predicted molar refractivity (Wildman–Crippen MR) is 140 cm³/mol. The lowest BCUT2D eigenvalue weighted by atomic mass is 9.74. The zero-order chi connectivity index (χ0) is 26.2. The van der Waals surface area contributed by atoms with Crippen LogP contribution in [-0.2, 0) is 6.18 Å². The summed E-state index contributed by atoms with van der Waals surface area (Å²) in [6, 6.07) is 10.4. The third-order valence-electron chi connectivity index (χ3n) is 7.78. The number of aryl methyl sites for hydroxylation is 2. The Labute approximate surface area is 219 Å². The van der Waals surface area contributed by atoms with Crippen LogP contribution in [0.1, 0.15) is 65.1 Å². The molecule has 2 fully saturated rings. The van der Waals surface area contributed by atoms with Crippen LogP contribution in [0.15, 0.2) is 42.6 Å². The molecule has 1 unspecified atom stereocenters. The van der Waals surface area contributed by atoms with Crippen molar-refractivity contribution in [3.63, 3.8) is 0 Å². The molecule has 5 nitrogen and oxygen atoms in total. The summed E-state index contributed by atoms with van der Waals surface area (Å²) < 4.78 is 38.8. The Balaban J connectivity index is 1.39. The average molecular weight is 529 g/mol. The van der Waals surface area contributed by atoms with Gasteiger partial charge in [-0.2, -0.15) is 13.2 Å². The SMILES string of the molecule is Cc1ccc(-c2sc(C)nc2C(=O)N2CCC3(CCCC3)CC2CNc2ccc(C(F)(F)F)cn2)cc1. The fourth-order valence-electron chi connectivity index (χ4n) is 5.78. The second-order valence-corrected chi connectivity index (χ2v) is 11.6. The number of carbonyl (C=O) groups is 1. The number of rotatable bonds is 5. The van der Waals surface area contributed by atoms with Gasteiger partial charge in [0.25, 0.3) is 5.91 Å². The van der Waals surface area contributed by atoms with Crippen LogP contribution >= 0.6 is 11.3 Å². The molecule has 2 aromatic heterocycles. The smallest absolute Gasteiger partial charge is 0.368 e. The number of halogens is 3. The van der Waals surface area contributed by atoms with Gasteiger partial charge < -0.3 is 10.2 Å². The van der Waals surface area contributed by atoms with Crippen LogP contribution in [0.25, 0.3) is 10.4 Å². The van der Waals surface area contributed by atoms with E-state index in [2.05, 4.69) is 15.3 Å². The normalized spacial score (nSPS) is 19.4. The van der Waals surface area contributed by atoms with E-state index >= 15 is 0 Å². The van der Waals surface area contributed by atoms with Gasteiger partial charge in [0.05, 0.1) is 15.4 Å². The lowest BCUT2D eigenvalue weighted by Crippen LogP contribution is -2.52. The number of benzene rings is 1. The van der Waals surface area contributed by atoms with E-state index < -0.39 is 11.7 Å². The second kappa shape index (κ2) is 10.1. The highest BCUT2D eigenvalue weighted by Crippen LogP contribution is 2.48. The van der Waals surface area contributed by atoms with Crippen LogP contribution in [0.2, 0.25) is 0 Å². The molecule has 5 rings (SSSR count). The van der Waals surface area contributed by atoms with Crippen LogP contribution in [0.5, 0.6) is 0 Å². The number of hydrogen-bond donors (Lipinski definition) is 1. The van der Waals surface area contributed by atoms with Crippen molar-refractivity contribution in [1.82, 2.24) is 14.9 Å². The molecule has 37 heavy (non-hydrogen) atoms. The quantitative estimate of drug-likeness (QED) is 0.383. The Bertz CT molecular complexity index is 1250. The summed E-state index contributed by atoms with van der Waals surface area (Å²) in [7, 11) is 0. The molecular formula is C28H31F3N4OS. The number of thiazole rings is 1. The summed E-state index contributed by atoms with van der Waals surface area (Å²) in [6.07, 6.45) is 2.99. The first-order valence-corrected chi connectivity index (χ1v) is 13.6. The number of nitrogens with zero attached hydrogens (tertiary/aromatic N) is 3. The maximum atomic E-state index is 14.0. The number of pyridine rings is 1. The van der Waals surface area contributed by atoms with Crippen molar-refractivity contribution >= 4 is 23.1 Å². The number of anilines is 1. The minimum absolute atomic E-state index is 0.0834. The third kappa shape index (κ3) is 5.51. The molecular weight excluding hydrogens is 497 g/mol. The van der Waals surface area contributed by atoms with E-state index in [1.165, 1.54) is 30.2 Å². The molecule has 9 heteroatoms. The van der Waals surface area contributed by atoms with E-state index in [1.54, 1.807) is 0 Å². The Morgan fingerprint density at radius 2 is 1.84 bits per heavy atom. The van der Waals surface area contributed by atoms with Gasteiger partial charge in [0.2, 0.25) is 0 Å². The molecule has 1 saturated carbocycles. The van der Waals surface area contributed by atoms with Gasteiger partial charge in [0, 0.05) is 25.3 Å². The predicted octanol–water partition coefficient (Wildman–Crippen LogP) is 7.12. The van der Waals surface area contributed by atoms with Crippen LogP contribution in [-0.4, -0.2) is 39.9 Å². The number of amides is 1. The van der Waals surface area contributed by atoms with Crippen LogP contribution in [0.4, 0.5) is 19.0 Å². The molecule has 0 bridgehead atoms. The van der Waals surface area contributed by atoms with E-state index in [9.17, 15) is 18.0 Å². The number of piperidine rings is 1. The number of likely N-dealkylation sites (tertiary alicyclic amines) is 1. The summed E-state index contributed by atoms with van der Waals surface area (Å²) >= 11 is 1.52. The average Bonchev–Trinajstić information content (AvgIpc) is 3.49. The standard InChI is InChI=1S/C28H31F3N4OS/c1-18-5-7-20(8-6-18)25-24(34-19(2)37-25)26(36)35-14-13-27(11-3-4-12-27)15-22(35)17-33-23-10-9-21(16-32-23)28(29,30)31/h5-10,16,22H,3-4,11-15,17H2,1-2H3,(H,32,33). The third-order valence-corrected chi connectivity index (χ3v) is 8.80. The molecule has 1 atom stereocenters. The molecule has 3 heterocycles. The summed E-state index contributed by atoms with van der Waals surface area (Å²) in [5, 5.41) is 4.04. The molecule has 1 spiro atoms. The van der Waals surface area contributed by atoms with Gasteiger partial charge in [0.1, 0.15) is 11.5 Å². The number of nitrogens with one attached hydrogen (secondary N) is 1. The first-order valence-electron chi connectivity index (χ1n) is 12.8. The highest BCUT2D eigenvalue weighted by molar-refractivity contribution is 7.15. The van der Waals surface area contributed by atoms with Gasteiger partial charge in [-0.3, -0.25) is 4.79 Å². The number of hydrogen-bond acceptors (Lipinski definition) is 5. The van der Waals surface area contributed by atoms with E-state index in [4.69, 9.17) is 0 Å². The van der Waals surface area contributed by atoms with E-state index in [1.807, 2.05) is 43.0 Å². The molecule has 1 saturated heterocycles. The zero-order valence-electron chi connectivity index (χ0n) is 21.1. The van der Waals surface area contributed by atoms with Crippen LogP contribution in [0, 0.1) is 19.3 Å². The van der Waals surface area contributed by atoms with E-state index in [0.29, 0.717) is 24.6 Å². The van der Waals surface area contributed by atoms with Gasteiger partial charge in [-0.1, -0.05) is 42.7 Å². The fraction of sp³-hybridized carbons (Fsp3) is 0.464. The Kier molecular flexibility index (Phi) is 7.00. The van der Waals surface area contributed by atoms with E-state index in [0.717, 1.165) is 59.0 Å². The number of carbonyl (C=O) groups excluding carboxylic acids is 1. The van der Waals surface area contributed by atoms with Crippen molar-refractivity contribution in [2.75, 3.05) is 18.4 Å². The van der Waals surface area contributed by atoms with Crippen LogP contribution in [0.3, 0.4) is 0 Å². The number of alkyl halides is 3. The number of aromatic nitrogens is 2. The van der Waals surface area contributed by atoms with Gasteiger partial charge >= 0.3 is 6.18 Å². The van der Waals surface area contributed by atoms with Gasteiger partial charge in [0.15, 0.2) is 0 Å². The second-order valence-electron chi connectivity index (χ2n) is 10.4. The minimum atomic E-state index is -4.42. The van der Waals surface area contributed by atoms with Gasteiger partial charge in [-0.05, 0) is 62.6 Å². The molecule has 0 radical (unpaired) electrons. The maximum absolute atomic E-state index is 14.0. The molecule has 1 N–H and O–H groups in total. The monoisotopic (exact) mass is 528 g/mol. The summed E-state index contributed by atoms with van der Waals surface area (Å²) in [4.78, 5) is 25.4. The Morgan fingerprint density at radius 1 is 1.11 bits per heavy atom. The molecule has 1 aliphatic heterocycles. The molecule has 3 aromatic rings. The first kappa shape index (κ1) is 25.7. The summed E-state index contributed by atoms with van der Waals surface area (Å²) in [5.41, 5.74) is 2.06. The fourth-order valence-corrected chi connectivity index (χ4v) is 6.69. The Hall–Kier alpha value is -2.94. The van der Waals surface area contributed by atoms with Gasteiger partial charge in [-0.25, -0.2) is 9.97 Å². The van der Waals surface area contributed by atoms with E-state index in [-0.39, 0.29) is 17.4 Å². The Morgan fingerprint density at radius 3 is 2.49 bits per heavy atom. The van der Waals surface area contributed by atoms with Crippen molar-refractivity contribution in [3.05, 3.63) is 64.4 Å². The van der Waals surface area contributed by atoms with Crippen molar-refractivity contribution in [1.29, 1.82) is 0 Å². The molecule has 2 aliphatic rings. The molecule has 1 aliphatic carbocycles. The lowest BCUT2D eigenvalue weighted by molar-refractivity contribution is -0.137. The van der Waals surface area contributed by atoms with Crippen molar-refractivity contribution in [3.8, 4) is 10.4 Å². The van der Waals surface area contributed by atoms with Crippen molar-refractivity contribution in [2.45, 2.75) is 64.6 Å². The molecule has 1 amide bonds. The van der Waals surface area contributed by atoms with Crippen molar-refractivity contribution in [2.24, 2.45) is 5.41 Å².